The van der Waals surface area contributed by atoms with E-state index in [1.165, 1.54) is 12.1 Å². The highest BCUT2D eigenvalue weighted by atomic mass is 16.5. The Balaban J connectivity index is 2.57. The van der Waals surface area contributed by atoms with Crippen molar-refractivity contribution < 1.29 is 20.1 Å². The number of ether oxygens (including phenoxy) is 1. The lowest BCUT2D eigenvalue weighted by molar-refractivity contribution is -0.0683. The van der Waals surface area contributed by atoms with Gasteiger partial charge in [0.15, 0.2) is 17.8 Å². The number of aliphatic hydroxyl groups excluding tert-OH is 1. The number of benzene rings is 1. The molecule has 0 amide bonds. The average molecular weight is 170 g/mol. The summed E-state index contributed by atoms with van der Waals surface area (Å²) in [5, 5.41) is 26.0. The molecule has 0 unspecified atom stereocenters. The molecule has 0 aromatic heterocycles. The number of aliphatic hydroxyl groups is 2. The van der Waals surface area contributed by atoms with Crippen LogP contribution in [0.1, 0.15) is 0 Å². The summed E-state index contributed by atoms with van der Waals surface area (Å²) >= 11 is 0. The maximum absolute atomic E-state index is 9.14. The van der Waals surface area contributed by atoms with Crippen molar-refractivity contribution in [2.24, 2.45) is 0 Å². The van der Waals surface area contributed by atoms with Gasteiger partial charge in [-0.05, 0) is 12.1 Å². The van der Waals surface area contributed by atoms with E-state index in [2.05, 4.69) is 0 Å². The first-order chi connectivity index (χ1) is 5.70. The first-order valence-corrected chi connectivity index (χ1v) is 3.47. The molecular formula is C8H10O4. The van der Waals surface area contributed by atoms with Crippen molar-refractivity contribution in [3.8, 4) is 11.5 Å². The van der Waals surface area contributed by atoms with Crippen LogP contribution in [0.3, 0.4) is 0 Å². The standard InChI is InChI=1S/C8H10O4/c9-6-3-1-2-4-7(6)12-5-8(10)11/h1-4,8-11H,5H2. The molecule has 1 aromatic carbocycles. The zero-order chi connectivity index (χ0) is 8.97. The summed E-state index contributed by atoms with van der Waals surface area (Å²) in [6.45, 7) is -0.252. The van der Waals surface area contributed by atoms with Crippen LogP contribution in [0.5, 0.6) is 11.5 Å². The molecule has 0 saturated heterocycles. The van der Waals surface area contributed by atoms with E-state index in [9.17, 15) is 0 Å². The second-order valence-electron chi connectivity index (χ2n) is 2.26. The second-order valence-corrected chi connectivity index (χ2v) is 2.26. The third-order valence-electron chi connectivity index (χ3n) is 1.25. The van der Waals surface area contributed by atoms with Crippen molar-refractivity contribution in [2.75, 3.05) is 6.61 Å². The lowest BCUT2D eigenvalue weighted by Gasteiger charge is -2.07. The van der Waals surface area contributed by atoms with E-state index in [0.717, 1.165) is 0 Å². The molecule has 0 aliphatic heterocycles. The van der Waals surface area contributed by atoms with Gasteiger partial charge in [-0.15, -0.1) is 0 Å². The highest BCUT2D eigenvalue weighted by Crippen LogP contribution is 2.24. The number of hydrogen-bond donors (Lipinski definition) is 3. The van der Waals surface area contributed by atoms with Gasteiger partial charge in [0.1, 0.15) is 6.61 Å². The predicted octanol–water partition coefficient (Wildman–Crippen LogP) is 0.0817. The topological polar surface area (TPSA) is 69.9 Å². The van der Waals surface area contributed by atoms with E-state index in [-0.39, 0.29) is 18.1 Å². The van der Waals surface area contributed by atoms with Crippen LogP contribution < -0.4 is 4.74 Å². The molecule has 4 heteroatoms. The lowest BCUT2D eigenvalue weighted by Crippen LogP contribution is -2.15. The SMILES string of the molecule is Oc1ccccc1OCC(O)O. The van der Waals surface area contributed by atoms with Crippen LogP contribution in [0.25, 0.3) is 0 Å². The van der Waals surface area contributed by atoms with Crippen molar-refractivity contribution >= 4 is 0 Å². The molecule has 3 N–H and O–H groups in total. The molecule has 1 aromatic rings. The van der Waals surface area contributed by atoms with Crippen LogP contribution in [0, 0.1) is 0 Å². The van der Waals surface area contributed by atoms with Gasteiger partial charge < -0.3 is 20.1 Å². The number of aromatic hydroxyl groups is 1. The largest absolute Gasteiger partial charge is 0.504 e. The zero-order valence-corrected chi connectivity index (χ0v) is 6.34. The van der Waals surface area contributed by atoms with Crippen molar-refractivity contribution in [1.82, 2.24) is 0 Å². The van der Waals surface area contributed by atoms with Crippen LogP contribution in [0.2, 0.25) is 0 Å². The fourth-order valence-electron chi connectivity index (χ4n) is 0.744. The molecule has 0 aliphatic rings. The summed E-state index contributed by atoms with van der Waals surface area (Å²) in [5.41, 5.74) is 0. The van der Waals surface area contributed by atoms with Crippen molar-refractivity contribution in [3.63, 3.8) is 0 Å². The molecule has 0 bridgehead atoms. The van der Waals surface area contributed by atoms with E-state index >= 15 is 0 Å². The Morgan fingerprint density at radius 3 is 2.50 bits per heavy atom. The highest BCUT2D eigenvalue weighted by molar-refractivity contribution is 5.37. The van der Waals surface area contributed by atoms with E-state index in [1.54, 1.807) is 12.1 Å². The van der Waals surface area contributed by atoms with Crippen LogP contribution in [0.15, 0.2) is 24.3 Å². The Hall–Kier alpha value is -1.26. The number of phenols is 1. The van der Waals surface area contributed by atoms with Gasteiger partial charge in [-0.2, -0.15) is 0 Å². The average Bonchev–Trinajstić information content (AvgIpc) is 2.03. The van der Waals surface area contributed by atoms with Gasteiger partial charge in [-0.25, -0.2) is 0 Å². The second kappa shape index (κ2) is 3.94. The molecule has 66 valence electrons. The minimum Gasteiger partial charge on any atom is -0.504 e. The van der Waals surface area contributed by atoms with Crippen LogP contribution in [-0.4, -0.2) is 28.2 Å². The molecule has 0 fully saturated rings. The van der Waals surface area contributed by atoms with Crippen molar-refractivity contribution in [1.29, 1.82) is 0 Å². The Morgan fingerprint density at radius 2 is 1.92 bits per heavy atom. The van der Waals surface area contributed by atoms with Gasteiger partial charge in [-0.3, -0.25) is 0 Å². The number of hydrogen-bond acceptors (Lipinski definition) is 4. The van der Waals surface area contributed by atoms with Crippen LogP contribution in [-0.2, 0) is 0 Å². The number of phenolic OH excluding ortho intramolecular Hbond substituents is 1. The number of para-hydroxylation sites is 2. The Bertz CT molecular complexity index is 247. The maximum atomic E-state index is 9.14. The lowest BCUT2D eigenvalue weighted by atomic mass is 10.3. The Kier molecular flexibility index (Phi) is 2.90. The smallest absolute Gasteiger partial charge is 0.186 e. The van der Waals surface area contributed by atoms with Crippen molar-refractivity contribution in [3.05, 3.63) is 24.3 Å². The molecule has 1 rings (SSSR count). The summed E-state index contributed by atoms with van der Waals surface area (Å²) in [7, 11) is 0. The first kappa shape index (κ1) is 8.83. The molecular weight excluding hydrogens is 160 g/mol. The minimum absolute atomic E-state index is 0.0156. The highest BCUT2D eigenvalue weighted by Gasteiger charge is 2.02. The quantitative estimate of drug-likeness (QED) is 0.562. The molecule has 0 heterocycles. The summed E-state index contributed by atoms with van der Waals surface area (Å²) in [4.78, 5) is 0. The maximum Gasteiger partial charge on any atom is 0.186 e. The Morgan fingerprint density at radius 1 is 1.25 bits per heavy atom. The third kappa shape index (κ3) is 2.41. The fourth-order valence-corrected chi connectivity index (χ4v) is 0.744. The van der Waals surface area contributed by atoms with E-state index in [0.29, 0.717) is 0 Å². The molecule has 0 spiro atoms. The normalized spacial score (nSPS) is 10.2. The van der Waals surface area contributed by atoms with Gasteiger partial charge in [0.2, 0.25) is 0 Å². The third-order valence-corrected chi connectivity index (χ3v) is 1.25. The summed E-state index contributed by atoms with van der Waals surface area (Å²) in [5.74, 6) is 0.226. The van der Waals surface area contributed by atoms with Gasteiger partial charge in [0.05, 0.1) is 0 Å². The van der Waals surface area contributed by atoms with E-state index < -0.39 is 6.29 Å². The molecule has 0 saturated carbocycles. The number of rotatable bonds is 3. The molecule has 12 heavy (non-hydrogen) atoms. The van der Waals surface area contributed by atoms with Gasteiger partial charge in [0, 0.05) is 0 Å². The molecule has 0 aliphatic carbocycles. The summed E-state index contributed by atoms with van der Waals surface area (Å²) in [6, 6.07) is 6.33. The Labute approximate surface area is 69.7 Å². The van der Waals surface area contributed by atoms with Crippen LogP contribution >= 0.6 is 0 Å². The zero-order valence-electron chi connectivity index (χ0n) is 6.34. The van der Waals surface area contributed by atoms with E-state index in [4.69, 9.17) is 20.1 Å². The van der Waals surface area contributed by atoms with E-state index in [1.807, 2.05) is 0 Å². The molecule has 0 radical (unpaired) electrons. The van der Waals surface area contributed by atoms with Gasteiger partial charge in [-0.1, -0.05) is 12.1 Å². The molecule has 4 nitrogen and oxygen atoms in total. The van der Waals surface area contributed by atoms with Crippen molar-refractivity contribution in [2.45, 2.75) is 6.29 Å². The monoisotopic (exact) mass is 170 g/mol. The van der Waals surface area contributed by atoms with Gasteiger partial charge >= 0.3 is 0 Å². The minimum atomic E-state index is -1.52. The summed E-state index contributed by atoms with van der Waals surface area (Å²) in [6.07, 6.45) is -1.52. The fraction of sp³-hybridized carbons (Fsp3) is 0.250. The van der Waals surface area contributed by atoms with Crippen LogP contribution in [0.4, 0.5) is 0 Å². The first-order valence-electron chi connectivity index (χ1n) is 3.47. The molecule has 0 atom stereocenters. The predicted molar refractivity (Wildman–Crippen MR) is 41.8 cm³/mol. The van der Waals surface area contributed by atoms with Gasteiger partial charge in [0.25, 0.3) is 0 Å². The summed E-state index contributed by atoms with van der Waals surface area (Å²) < 4.78 is 4.85.